The third-order valence-corrected chi connectivity index (χ3v) is 6.99. The minimum atomic E-state index is -0.554. The Hall–Kier alpha value is -2.25. The van der Waals surface area contributed by atoms with Gasteiger partial charge >= 0.3 is 0 Å². The lowest BCUT2D eigenvalue weighted by Gasteiger charge is -2.29. The molecular weight excluding hydrogens is 368 g/mol. The molecule has 0 saturated carbocycles. The molecule has 7 heteroatoms. The van der Waals surface area contributed by atoms with Crippen LogP contribution in [-0.2, 0) is 22.7 Å². The summed E-state index contributed by atoms with van der Waals surface area (Å²) >= 11 is 0. The Bertz CT molecular complexity index is 854. The fraction of sp³-hybridized carbons (Fsp3) is 0.591. The molecule has 0 radical (unpaired) electrons. The third kappa shape index (κ3) is 3.57. The maximum Gasteiger partial charge on any atom is 0.255 e. The topological polar surface area (TPSA) is 90.5 Å². The van der Waals surface area contributed by atoms with Crippen LogP contribution in [-0.4, -0.2) is 46.8 Å². The molecule has 3 amide bonds. The number of fused-ring (bicyclic) bond motifs is 3. The Balaban J connectivity index is 1.25. The lowest BCUT2D eigenvalue weighted by Crippen LogP contribution is -2.52. The molecule has 4 heterocycles. The Morgan fingerprint density at radius 1 is 1.07 bits per heavy atom. The number of rotatable bonds is 4. The van der Waals surface area contributed by atoms with Crippen LogP contribution in [0.2, 0.25) is 0 Å². The molecule has 4 aliphatic rings. The number of nitrogens with zero attached hydrogens (tertiary/aromatic N) is 1. The molecule has 4 atom stereocenters. The smallest absolute Gasteiger partial charge is 0.255 e. The molecule has 3 N–H and O–H groups in total. The number of benzene rings is 1. The van der Waals surface area contributed by atoms with E-state index in [-0.39, 0.29) is 24.1 Å². The van der Waals surface area contributed by atoms with Crippen molar-refractivity contribution in [3.05, 3.63) is 34.9 Å². The summed E-state index contributed by atoms with van der Waals surface area (Å²) in [4.78, 5) is 38.0. The Morgan fingerprint density at radius 3 is 2.83 bits per heavy atom. The van der Waals surface area contributed by atoms with Gasteiger partial charge in [-0.15, -0.1) is 0 Å². The SMILES string of the molecule is O=C1CCC(N2Cc3cc(CNC4CCCC5CCC4N5)ccc3C2=O)C(=O)N1. The number of carbonyl (C=O) groups is 3. The van der Waals surface area contributed by atoms with Crippen LogP contribution in [0, 0.1) is 0 Å². The molecule has 1 aromatic rings. The molecule has 154 valence electrons. The zero-order chi connectivity index (χ0) is 20.0. The predicted molar refractivity (Wildman–Crippen MR) is 107 cm³/mol. The minimum Gasteiger partial charge on any atom is -0.322 e. The van der Waals surface area contributed by atoms with E-state index in [4.69, 9.17) is 0 Å². The monoisotopic (exact) mass is 396 g/mol. The van der Waals surface area contributed by atoms with Crippen LogP contribution in [0.25, 0.3) is 0 Å². The first-order chi connectivity index (χ1) is 14.1. The van der Waals surface area contributed by atoms with Crippen molar-refractivity contribution in [2.75, 3.05) is 0 Å². The number of imide groups is 1. The summed E-state index contributed by atoms with van der Waals surface area (Å²) in [6, 6.07) is 7.21. The van der Waals surface area contributed by atoms with Crippen LogP contribution in [0.15, 0.2) is 18.2 Å². The van der Waals surface area contributed by atoms with Gasteiger partial charge in [-0.2, -0.15) is 0 Å². The first kappa shape index (κ1) is 18.8. The van der Waals surface area contributed by atoms with Crippen molar-refractivity contribution in [3.8, 4) is 0 Å². The first-order valence-electron chi connectivity index (χ1n) is 10.8. The van der Waals surface area contributed by atoms with Gasteiger partial charge in [0.25, 0.3) is 5.91 Å². The second kappa shape index (κ2) is 7.54. The van der Waals surface area contributed by atoms with Gasteiger partial charge in [0, 0.05) is 43.2 Å². The Labute approximate surface area is 170 Å². The maximum absolute atomic E-state index is 12.8. The van der Waals surface area contributed by atoms with Gasteiger partial charge in [-0.05, 0) is 49.3 Å². The Kier molecular flexibility index (Phi) is 4.87. The quantitative estimate of drug-likeness (QED) is 0.666. The molecule has 5 rings (SSSR count). The summed E-state index contributed by atoms with van der Waals surface area (Å²) in [5.41, 5.74) is 2.81. The Morgan fingerprint density at radius 2 is 1.97 bits per heavy atom. The van der Waals surface area contributed by atoms with E-state index in [1.165, 1.54) is 37.7 Å². The average molecular weight is 396 g/mol. The highest BCUT2D eigenvalue weighted by atomic mass is 16.2. The molecule has 4 unspecified atom stereocenters. The average Bonchev–Trinajstić information content (AvgIpc) is 3.22. The van der Waals surface area contributed by atoms with Crippen molar-refractivity contribution in [1.82, 2.24) is 20.9 Å². The van der Waals surface area contributed by atoms with Crippen LogP contribution >= 0.6 is 0 Å². The molecule has 0 aliphatic carbocycles. The van der Waals surface area contributed by atoms with Crippen LogP contribution in [0.3, 0.4) is 0 Å². The van der Waals surface area contributed by atoms with Crippen LogP contribution in [0.5, 0.6) is 0 Å². The minimum absolute atomic E-state index is 0.112. The number of piperidine rings is 1. The second-order valence-electron chi connectivity index (χ2n) is 8.86. The van der Waals surface area contributed by atoms with Crippen LogP contribution in [0.4, 0.5) is 0 Å². The number of hydrogen-bond donors (Lipinski definition) is 3. The summed E-state index contributed by atoms with van der Waals surface area (Å²) in [5, 5.41) is 9.84. The van der Waals surface area contributed by atoms with Gasteiger partial charge in [0.15, 0.2) is 0 Å². The van der Waals surface area contributed by atoms with Crippen molar-refractivity contribution < 1.29 is 14.4 Å². The van der Waals surface area contributed by atoms with Gasteiger partial charge in [0.05, 0.1) is 0 Å². The molecule has 29 heavy (non-hydrogen) atoms. The summed E-state index contributed by atoms with van der Waals surface area (Å²) in [7, 11) is 0. The van der Waals surface area contributed by atoms with Gasteiger partial charge in [-0.1, -0.05) is 18.6 Å². The lowest BCUT2D eigenvalue weighted by atomic mass is 9.96. The number of hydrogen-bond acceptors (Lipinski definition) is 5. The number of nitrogens with one attached hydrogen (secondary N) is 3. The van der Waals surface area contributed by atoms with E-state index < -0.39 is 6.04 Å². The third-order valence-electron chi connectivity index (χ3n) is 6.99. The summed E-state index contributed by atoms with van der Waals surface area (Å²) in [6.07, 6.45) is 6.99. The van der Waals surface area contributed by atoms with E-state index in [1.54, 1.807) is 4.90 Å². The molecular formula is C22H28N4O3. The van der Waals surface area contributed by atoms with Crippen molar-refractivity contribution in [3.63, 3.8) is 0 Å². The van der Waals surface area contributed by atoms with Crippen molar-refractivity contribution in [2.45, 2.75) is 82.2 Å². The van der Waals surface area contributed by atoms with Gasteiger partial charge in [-0.3, -0.25) is 19.7 Å². The van der Waals surface area contributed by atoms with Gasteiger partial charge in [-0.25, -0.2) is 0 Å². The van der Waals surface area contributed by atoms with Gasteiger partial charge in [0.1, 0.15) is 6.04 Å². The molecule has 4 aliphatic heterocycles. The standard InChI is InChI=1S/C22H28N4O3/c27-20-9-8-19(21(28)25-20)26-12-14-10-13(4-6-16(14)22(26)29)11-23-17-3-1-2-15-5-7-18(17)24-15/h4,6,10,15,17-19,23-24H,1-3,5,7-9,11-12H2,(H,25,27,28). The maximum atomic E-state index is 12.8. The van der Waals surface area contributed by atoms with Crippen LogP contribution < -0.4 is 16.0 Å². The van der Waals surface area contributed by atoms with E-state index in [0.29, 0.717) is 36.7 Å². The lowest BCUT2D eigenvalue weighted by molar-refractivity contribution is -0.136. The van der Waals surface area contributed by atoms with E-state index in [9.17, 15) is 14.4 Å². The molecule has 1 aromatic carbocycles. The zero-order valence-corrected chi connectivity index (χ0v) is 16.6. The fourth-order valence-electron chi connectivity index (χ4n) is 5.41. The van der Waals surface area contributed by atoms with E-state index in [0.717, 1.165) is 12.1 Å². The highest BCUT2D eigenvalue weighted by Crippen LogP contribution is 2.29. The molecule has 3 saturated heterocycles. The molecule has 3 fully saturated rings. The molecule has 0 spiro atoms. The highest BCUT2D eigenvalue weighted by molar-refractivity contribution is 6.05. The zero-order valence-electron chi connectivity index (χ0n) is 16.6. The van der Waals surface area contributed by atoms with E-state index in [1.807, 2.05) is 12.1 Å². The highest BCUT2D eigenvalue weighted by Gasteiger charge is 2.39. The first-order valence-corrected chi connectivity index (χ1v) is 10.8. The molecule has 2 bridgehead atoms. The number of amides is 3. The summed E-state index contributed by atoms with van der Waals surface area (Å²) in [5.74, 6) is -0.732. The van der Waals surface area contributed by atoms with E-state index >= 15 is 0 Å². The largest absolute Gasteiger partial charge is 0.322 e. The molecule has 0 aromatic heterocycles. The van der Waals surface area contributed by atoms with E-state index in [2.05, 4.69) is 22.0 Å². The van der Waals surface area contributed by atoms with Crippen molar-refractivity contribution in [1.29, 1.82) is 0 Å². The summed E-state index contributed by atoms with van der Waals surface area (Å²) in [6.45, 7) is 1.22. The van der Waals surface area contributed by atoms with Crippen molar-refractivity contribution in [2.24, 2.45) is 0 Å². The second-order valence-corrected chi connectivity index (χ2v) is 8.86. The fourth-order valence-corrected chi connectivity index (χ4v) is 5.41. The summed E-state index contributed by atoms with van der Waals surface area (Å²) < 4.78 is 0. The van der Waals surface area contributed by atoms with Crippen molar-refractivity contribution >= 4 is 17.7 Å². The number of carbonyl (C=O) groups excluding carboxylic acids is 3. The molecule has 7 nitrogen and oxygen atoms in total. The van der Waals surface area contributed by atoms with Gasteiger partial charge in [0.2, 0.25) is 11.8 Å². The predicted octanol–water partition coefficient (Wildman–Crippen LogP) is 1.21. The van der Waals surface area contributed by atoms with Crippen LogP contribution in [0.1, 0.15) is 66.4 Å². The van der Waals surface area contributed by atoms with Gasteiger partial charge < -0.3 is 15.5 Å². The normalized spacial score (nSPS) is 31.6.